The lowest BCUT2D eigenvalue weighted by Crippen LogP contribution is -2.46. The predicted octanol–water partition coefficient (Wildman–Crippen LogP) is 3.34. The molecule has 2 aromatic rings. The first-order valence-corrected chi connectivity index (χ1v) is 10.9. The average molecular weight is 474 g/mol. The number of carbonyl (C=O) groups excluding carboxylic acids is 1. The first-order valence-electron chi connectivity index (χ1n) is 10.9. The molecule has 2 aromatic carbocycles. The molecular weight excluding hydrogens is 442 g/mol. The highest BCUT2D eigenvalue weighted by Crippen LogP contribution is 2.44. The molecule has 1 fully saturated rings. The van der Waals surface area contributed by atoms with Crippen molar-refractivity contribution in [2.75, 3.05) is 42.1 Å². The molecule has 1 saturated heterocycles. The fourth-order valence-electron chi connectivity index (χ4n) is 4.45. The first kappa shape index (κ1) is 25.0. The van der Waals surface area contributed by atoms with E-state index < -0.39 is 17.9 Å². The van der Waals surface area contributed by atoms with Crippen LogP contribution >= 0.6 is 0 Å². The van der Waals surface area contributed by atoms with Gasteiger partial charge < -0.3 is 33.7 Å². The SMILES string of the molecule is COc1ccc(CCN2C(=O)CC[C@H](C(=O)O)[C@@H]2c2cc(OC)c(OC)c(OC)c2)cc1OC. The Bertz CT molecular complexity index is 1010. The van der Waals surface area contributed by atoms with E-state index in [4.69, 9.17) is 23.7 Å². The molecule has 1 aliphatic rings. The number of ether oxygens (including phenoxy) is 5. The number of amides is 1. The van der Waals surface area contributed by atoms with Crippen LogP contribution in [0.25, 0.3) is 0 Å². The third-order valence-corrected chi connectivity index (χ3v) is 6.14. The van der Waals surface area contributed by atoms with E-state index in [1.54, 1.807) is 31.3 Å². The Morgan fingerprint density at radius 2 is 1.53 bits per heavy atom. The number of carbonyl (C=O) groups is 2. The van der Waals surface area contributed by atoms with Crippen molar-refractivity contribution in [1.82, 2.24) is 4.90 Å². The van der Waals surface area contributed by atoms with Gasteiger partial charge in [-0.25, -0.2) is 0 Å². The highest BCUT2D eigenvalue weighted by molar-refractivity contribution is 5.82. The van der Waals surface area contributed by atoms with Gasteiger partial charge in [-0.2, -0.15) is 0 Å². The second-order valence-electron chi connectivity index (χ2n) is 7.91. The first-order chi connectivity index (χ1) is 16.4. The van der Waals surface area contributed by atoms with Crippen molar-refractivity contribution in [1.29, 1.82) is 0 Å². The van der Waals surface area contributed by atoms with Crippen molar-refractivity contribution >= 4 is 11.9 Å². The zero-order valence-corrected chi connectivity index (χ0v) is 20.1. The monoisotopic (exact) mass is 473 g/mol. The van der Waals surface area contributed by atoms with Crippen molar-refractivity contribution < 1.29 is 38.4 Å². The van der Waals surface area contributed by atoms with Gasteiger partial charge >= 0.3 is 5.97 Å². The molecule has 1 amide bonds. The zero-order chi connectivity index (χ0) is 24.8. The molecule has 34 heavy (non-hydrogen) atoms. The summed E-state index contributed by atoms with van der Waals surface area (Å²) in [5.41, 5.74) is 1.55. The van der Waals surface area contributed by atoms with Gasteiger partial charge in [0.2, 0.25) is 11.7 Å². The Morgan fingerprint density at radius 1 is 0.912 bits per heavy atom. The summed E-state index contributed by atoms with van der Waals surface area (Å²) < 4.78 is 27.0. The maximum atomic E-state index is 13.0. The third-order valence-electron chi connectivity index (χ3n) is 6.14. The van der Waals surface area contributed by atoms with Crippen molar-refractivity contribution in [3.05, 3.63) is 41.5 Å². The van der Waals surface area contributed by atoms with Crippen LogP contribution in [0.4, 0.5) is 0 Å². The number of hydrogen-bond donors (Lipinski definition) is 1. The molecule has 0 saturated carbocycles. The second kappa shape index (κ2) is 11.0. The van der Waals surface area contributed by atoms with E-state index in [2.05, 4.69) is 0 Å². The molecule has 3 rings (SSSR count). The van der Waals surface area contributed by atoms with Crippen LogP contribution in [-0.4, -0.2) is 64.0 Å². The number of piperidine rings is 1. The highest BCUT2D eigenvalue weighted by Gasteiger charge is 2.41. The lowest BCUT2D eigenvalue weighted by Gasteiger charge is -2.40. The summed E-state index contributed by atoms with van der Waals surface area (Å²) in [7, 11) is 7.62. The molecule has 1 N–H and O–H groups in total. The molecule has 9 heteroatoms. The van der Waals surface area contributed by atoms with E-state index in [0.29, 0.717) is 47.3 Å². The van der Waals surface area contributed by atoms with Crippen molar-refractivity contribution in [3.63, 3.8) is 0 Å². The van der Waals surface area contributed by atoms with E-state index in [1.165, 1.54) is 21.3 Å². The van der Waals surface area contributed by atoms with Crippen molar-refractivity contribution in [3.8, 4) is 28.7 Å². The van der Waals surface area contributed by atoms with Crippen molar-refractivity contribution in [2.24, 2.45) is 5.92 Å². The summed E-state index contributed by atoms with van der Waals surface area (Å²) in [4.78, 5) is 26.9. The molecule has 0 unspecified atom stereocenters. The molecule has 9 nitrogen and oxygen atoms in total. The molecule has 1 heterocycles. The number of aliphatic carboxylic acids is 1. The number of likely N-dealkylation sites (tertiary alicyclic amines) is 1. The Balaban J connectivity index is 1.99. The molecule has 0 aromatic heterocycles. The fraction of sp³-hybridized carbons (Fsp3) is 0.440. The van der Waals surface area contributed by atoms with Crippen LogP contribution in [0, 0.1) is 5.92 Å². The van der Waals surface area contributed by atoms with Gasteiger partial charge in [-0.1, -0.05) is 6.07 Å². The van der Waals surface area contributed by atoms with Crippen molar-refractivity contribution in [2.45, 2.75) is 25.3 Å². The summed E-state index contributed by atoms with van der Waals surface area (Å²) in [6.45, 7) is 0.333. The van der Waals surface area contributed by atoms with Crippen LogP contribution in [0.15, 0.2) is 30.3 Å². The molecule has 0 spiro atoms. The minimum Gasteiger partial charge on any atom is -0.493 e. The minimum atomic E-state index is -0.956. The Hall–Kier alpha value is -3.62. The van der Waals surface area contributed by atoms with Crippen LogP contribution in [-0.2, 0) is 16.0 Å². The molecule has 2 atom stereocenters. The van der Waals surface area contributed by atoms with E-state index in [9.17, 15) is 14.7 Å². The Kier molecular flexibility index (Phi) is 8.09. The highest BCUT2D eigenvalue weighted by atomic mass is 16.5. The summed E-state index contributed by atoms with van der Waals surface area (Å²) in [6.07, 6.45) is 0.936. The van der Waals surface area contributed by atoms with E-state index >= 15 is 0 Å². The smallest absolute Gasteiger partial charge is 0.308 e. The average Bonchev–Trinajstić information content (AvgIpc) is 2.86. The standard InChI is InChI=1S/C25H31NO8/c1-30-18-8-6-15(12-19(18)31-2)10-11-26-22(27)9-7-17(25(28)29)23(26)16-13-20(32-3)24(34-5)21(14-16)33-4/h6,8,12-14,17,23H,7,9-11H2,1-5H3,(H,28,29)/t17-,23-/m0/s1. The summed E-state index contributed by atoms with van der Waals surface area (Å²) >= 11 is 0. The van der Waals surface area contributed by atoms with Gasteiger partial charge in [0, 0.05) is 13.0 Å². The maximum Gasteiger partial charge on any atom is 0.308 e. The minimum absolute atomic E-state index is 0.100. The topological polar surface area (TPSA) is 104 Å². The van der Waals surface area contributed by atoms with Gasteiger partial charge in [0.25, 0.3) is 0 Å². The van der Waals surface area contributed by atoms with E-state index in [0.717, 1.165) is 5.56 Å². The van der Waals surface area contributed by atoms with Gasteiger partial charge in [-0.3, -0.25) is 9.59 Å². The van der Waals surface area contributed by atoms with E-state index in [-0.39, 0.29) is 18.7 Å². The number of carboxylic acids is 1. The Morgan fingerprint density at radius 3 is 2.06 bits per heavy atom. The largest absolute Gasteiger partial charge is 0.493 e. The van der Waals surface area contributed by atoms with Crippen LogP contribution in [0.2, 0.25) is 0 Å². The molecule has 1 aliphatic heterocycles. The van der Waals surface area contributed by atoms with Crippen LogP contribution in [0.3, 0.4) is 0 Å². The number of nitrogens with zero attached hydrogens (tertiary/aromatic N) is 1. The van der Waals surface area contributed by atoms with Gasteiger partial charge in [-0.15, -0.1) is 0 Å². The number of carboxylic acid groups (broad SMARTS) is 1. The van der Waals surface area contributed by atoms with Gasteiger partial charge in [0.1, 0.15) is 0 Å². The molecule has 184 valence electrons. The summed E-state index contributed by atoms with van der Waals surface area (Å²) in [6, 6.07) is 8.30. The summed E-state index contributed by atoms with van der Waals surface area (Å²) in [5, 5.41) is 9.98. The number of benzene rings is 2. The zero-order valence-electron chi connectivity index (χ0n) is 20.1. The van der Waals surface area contributed by atoms with Gasteiger partial charge in [0.15, 0.2) is 23.0 Å². The third kappa shape index (κ3) is 4.98. The fourth-order valence-corrected chi connectivity index (χ4v) is 4.45. The quantitative estimate of drug-likeness (QED) is 0.560. The molecule has 0 bridgehead atoms. The number of rotatable bonds is 10. The lowest BCUT2D eigenvalue weighted by atomic mass is 9.83. The molecular formula is C25H31NO8. The normalized spacial score (nSPS) is 17.8. The summed E-state index contributed by atoms with van der Waals surface area (Å²) in [5.74, 6) is 0.582. The predicted molar refractivity (Wildman–Crippen MR) is 124 cm³/mol. The Labute approximate surface area is 199 Å². The second-order valence-corrected chi connectivity index (χ2v) is 7.91. The molecule has 0 aliphatic carbocycles. The number of hydrogen-bond acceptors (Lipinski definition) is 7. The van der Waals surface area contributed by atoms with Crippen LogP contribution in [0.1, 0.15) is 30.0 Å². The van der Waals surface area contributed by atoms with E-state index in [1.807, 2.05) is 18.2 Å². The van der Waals surface area contributed by atoms with Crippen LogP contribution < -0.4 is 23.7 Å². The maximum absolute atomic E-state index is 13.0. The van der Waals surface area contributed by atoms with Gasteiger partial charge in [0.05, 0.1) is 47.5 Å². The number of methoxy groups -OCH3 is 5. The molecule has 0 radical (unpaired) electrons. The van der Waals surface area contributed by atoms with Gasteiger partial charge in [-0.05, 0) is 48.2 Å². The lowest BCUT2D eigenvalue weighted by molar-refractivity contribution is -0.152. The van der Waals surface area contributed by atoms with Crippen LogP contribution in [0.5, 0.6) is 28.7 Å².